The van der Waals surface area contributed by atoms with Crippen LogP contribution in [0.1, 0.15) is 44.9 Å². The molecule has 114 valence electrons. The summed E-state index contributed by atoms with van der Waals surface area (Å²) in [6.07, 6.45) is 8.39. The largest absolute Gasteiger partial charge is 0.481 e. The normalized spacial score (nSPS) is 17.8. The SMILES string of the molecule is CN(C(=O)CC1(C(=O)O)CCCCCC1)c1cccnc1. The molecule has 0 spiro atoms. The smallest absolute Gasteiger partial charge is 0.310 e. The van der Waals surface area contributed by atoms with Crippen molar-refractivity contribution in [3.8, 4) is 0 Å². The second-order valence-electron chi connectivity index (χ2n) is 5.84. The number of carboxylic acids is 1. The van der Waals surface area contributed by atoms with Crippen LogP contribution in [-0.4, -0.2) is 29.0 Å². The van der Waals surface area contributed by atoms with Crippen LogP contribution in [0, 0.1) is 5.41 Å². The predicted molar refractivity (Wildman–Crippen MR) is 80.0 cm³/mol. The van der Waals surface area contributed by atoms with Crippen molar-refractivity contribution in [1.82, 2.24) is 4.98 Å². The second kappa shape index (κ2) is 6.70. The number of aliphatic carboxylic acids is 1. The molecular weight excluding hydrogens is 268 g/mol. The molecule has 5 heteroatoms. The van der Waals surface area contributed by atoms with Gasteiger partial charge in [0, 0.05) is 19.7 Å². The Kier molecular flexibility index (Phi) is 4.94. The van der Waals surface area contributed by atoms with Crippen molar-refractivity contribution >= 4 is 17.6 Å². The molecule has 0 atom stereocenters. The van der Waals surface area contributed by atoms with E-state index in [9.17, 15) is 14.7 Å². The van der Waals surface area contributed by atoms with Crippen molar-refractivity contribution in [2.75, 3.05) is 11.9 Å². The lowest BCUT2D eigenvalue weighted by Crippen LogP contribution is -2.38. The minimum absolute atomic E-state index is 0.0632. The van der Waals surface area contributed by atoms with Crippen molar-refractivity contribution in [3.63, 3.8) is 0 Å². The van der Waals surface area contributed by atoms with E-state index in [4.69, 9.17) is 0 Å². The van der Waals surface area contributed by atoms with Crippen LogP contribution in [-0.2, 0) is 9.59 Å². The Bertz CT molecular complexity index is 494. The minimum atomic E-state index is -0.899. The number of carboxylic acid groups (broad SMARTS) is 1. The van der Waals surface area contributed by atoms with Gasteiger partial charge in [0.05, 0.1) is 17.3 Å². The first kappa shape index (κ1) is 15.5. The maximum atomic E-state index is 12.5. The molecule has 1 amide bonds. The molecule has 1 aliphatic carbocycles. The predicted octanol–water partition coefficient (Wildman–Crippen LogP) is 2.86. The number of pyridine rings is 1. The van der Waals surface area contributed by atoms with Crippen molar-refractivity contribution in [1.29, 1.82) is 0 Å². The van der Waals surface area contributed by atoms with Crippen LogP contribution in [0.3, 0.4) is 0 Å². The van der Waals surface area contributed by atoms with E-state index in [0.29, 0.717) is 18.5 Å². The summed E-state index contributed by atoms with van der Waals surface area (Å²) in [6.45, 7) is 0. The number of carbonyl (C=O) groups excluding carboxylic acids is 1. The molecule has 0 radical (unpaired) electrons. The zero-order valence-electron chi connectivity index (χ0n) is 12.4. The Balaban J connectivity index is 2.13. The number of aromatic nitrogens is 1. The molecule has 1 aromatic rings. The van der Waals surface area contributed by atoms with Gasteiger partial charge in [-0.25, -0.2) is 0 Å². The molecule has 2 rings (SSSR count). The maximum Gasteiger partial charge on any atom is 0.310 e. The van der Waals surface area contributed by atoms with Gasteiger partial charge in [-0.2, -0.15) is 0 Å². The van der Waals surface area contributed by atoms with Gasteiger partial charge < -0.3 is 10.0 Å². The zero-order valence-corrected chi connectivity index (χ0v) is 12.4. The average molecular weight is 290 g/mol. The van der Waals surface area contributed by atoms with Crippen LogP contribution in [0.25, 0.3) is 0 Å². The third-order valence-electron chi connectivity index (χ3n) is 4.41. The molecule has 1 fully saturated rings. The van der Waals surface area contributed by atoms with Gasteiger partial charge in [-0.1, -0.05) is 25.7 Å². The van der Waals surface area contributed by atoms with E-state index in [2.05, 4.69) is 4.98 Å². The first-order valence-corrected chi connectivity index (χ1v) is 7.45. The lowest BCUT2D eigenvalue weighted by atomic mass is 9.77. The van der Waals surface area contributed by atoms with Gasteiger partial charge in [0.2, 0.25) is 5.91 Å². The van der Waals surface area contributed by atoms with Gasteiger partial charge in [-0.05, 0) is 25.0 Å². The van der Waals surface area contributed by atoms with E-state index < -0.39 is 11.4 Å². The number of hydrogen-bond acceptors (Lipinski definition) is 3. The number of anilines is 1. The number of nitrogens with zero attached hydrogens (tertiary/aromatic N) is 2. The summed E-state index contributed by atoms with van der Waals surface area (Å²) in [7, 11) is 1.67. The van der Waals surface area contributed by atoms with Gasteiger partial charge in [0.15, 0.2) is 0 Å². The highest BCUT2D eigenvalue weighted by Crippen LogP contribution is 2.39. The van der Waals surface area contributed by atoms with Crippen LogP contribution in [0.15, 0.2) is 24.5 Å². The third kappa shape index (κ3) is 3.60. The molecule has 1 aliphatic rings. The van der Waals surface area contributed by atoms with E-state index in [1.54, 1.807) is 31.6 Å². The van der Waals surface area contributed by atoms with E-state index >= 15 is 0 Å². The topological polar surface area (TPSA) is 70.5 Å². The second-order valence-corrected chi connectivity index (χ2v) is 5.84. The molecule has 1 N–H and O–H groups in total. The summed E-state index contributed by atoms with van der Waals surface area (Å²) in [6, 6.07) is 3.56. The monoisotopic (exact) mass is 290 g/mol. The van der Waals surface area contributed by atoms with Gasteiger partial charge >= 0.3 is 5.97 Å². The molecule has 5 nitrogen and oxygen atoms in total. The molecule has 0 unspecified atom stereocenters. The fraction of sp³-hybridized carbons (Fsp3) is 0.562. The molecular formula is C16H22N2O3. The standard InChI is InChI=1S/C16H22N2O3/c1-18(13-7-6-10-17-12-13)14(19)11-16(15(20)21)8-4-2-3-5-9-16/h6-7,10,12H,2-5,8-9,11H2,1H3,(H,20,21). The maximum absolute atomic E-state index is 12.5. The quantitative estimate of drug-likeness (QED) is 0.866. The minimum Gasteiger partial charge on any atom is -0.481 e. The fourth-order valence-corrected chi connectivity index (χ4v) is 2.98. The molecule has 1 heterocycles. The summed E-state index contributed by atoms with van der Waals surface area (Å²) >= 11 is 0. The molecule has 0 saturated heterocycles. The molecule has 0 aromatic carbocycles. The molecule has 0 aliphatic heterocycles. The lowest BCUT2D eigenvalue weighted by molar-refractivity contribution is -0.152. The van der Waals surface area contributed by atoms with Gasteiger partial charge in [-0.15, -0.1) is 0 Å². The first-order chi connectivity index (χ1) is 10.1. The fourth-order valence-electron chi connectivity index (χ4n) is 2.98. The molecule has 21 heavy (non-hydrogen) atoms. The Morgan fingerprint density at radius 1 is 1.29 bits per heavy atom. The van der Waals surface area contributed by atoms with Crippen molar-refractivity contribution in [2.24, 2.45) is 5.41 Å². The highest BCUT2D eigenvalue weighted by molar-refractivity contribution is 5.95. The average Bonchev–Trinajstić information content (AvgIpc) is 2.74. The summed E-state index contributed by atoms with van der Waals surface area (Å²) in [4.78, 5) is 29.7. The molecule has 0 bridgehead atoms. The third-order valence-corrected chi connectivity index (χ3v) is 4.41. The van der Waals surface area contributed by atoms with Crippen LogP contribution < -0.4 is 4.90 Å². The van der Waals surface area contributed by atoms with E-state index in [1.165, 1.54) is 4.90 Å². The van der Waals surface area contributed by atoms with E-state index in [0.717, 1.165) is 25.7 Å². The molecule has 1 aromatic heterocycles. The van der Waals surface area contributed by atoms with Gasteiger partial charge in [-0.3, -0.25) is 14.6 Å². The van der Waals surface area contributed by atoms with E-state index in [-0.39, 0.29) is 12.3 Å². The summed E-state index contributed by atoms with van der Waals surface area (Å²) in [5.41, 5.74) is -0.207. The van der Waals surface area contributed by atoms with Crippen LogP contribution in [0.2, 0.25) is 0 Å². The van der Waals surface area contributed by atoms with E-state index in [1.807, 2.05) is 0 Å². The van der Waals surface area contributed by atoms with Crippen LogP contribution in [0.4, 0.5) is 5.69 Å². The van der Waals surface area contributed by atoms with Gasteiger partial charge in [0.25, 0.3) is 0 Å². The molecule has 1 saturated carbocycles. The Morgan fingerprint density at radius 3 is 2.48 bits per heavy atom. The Morgan fingerprint density at radius 2 is 1.95 bits per heavy atom. The van der Waals surface area contributed by atoms with Crippen molar-refractivity contribution < 1.29 is 14.7 Å². The number of amides is 1. The van der Waals surface area contributed by atoms with Gasteiger partial charge in [0.1, 0.15) is 0 Å². The summed E-state index contributed by atoms with van der Waals surface area (Å²) < 4.78 is 0. The van der Waals surface area contributed by atoms with Crippen molar-refractivity contribution in [3.05, 3.63) is 24.5 Å². The number of hydrogen-bond donors (Lipinski definition) is 1. The Hall–Kier alpha value is -1.91. The van der Waals surface area contributed by atoms with Crippen molar-refractivity contribution in [2.45, 2.75) is 44.9 Å². The summed E-state index contributed by atoms with van der Waals surface area (Å²) in [5.74, 6) is -0.996. The highest BCUT2D eigenvalue weighted by atomic mass is 16.4. The Labute approximate surface area is 125 Å². The highest BCUT2D eigenvalue weighted by Gasteiger charge is 2.41. The number of carbonyl (C=O) groups is 2. The first-order valence-electron chi connectivity index (χ1n) is 7.45. The number of rotatable bonds is 4. The van der Waals surface area contributed by atoms with Crippen LogP contribution in [0.5, 0.6) is 0 Å². The lowest BCUT2D eigenvalue weighted by Gasteiger charge is -2.29. The summed E-state index contributed by atoms with van der Waals surface area (Å²) in [5, 5.41) is 9.63. The zero-order chi connectivity index (χ0) is 15.3. The van der Waals surface area contributed by atoms with Crippen LogP contribution >= 0.6 is 0 Å².